The van der Waals surface area contributed by atoms with Crippen molar-refractivity contribution in [2.45, 2.75) is 25.8 Å². The second kappa shape index (κ2) is 5.07. The summed E-state index contributed by atoms with van der Waals surface area (Å²) >= 11 is 0. The van der Waals surface area contributed by atoms with Gasteiger partial charge in [0, 0.05) is 17.3 Å². The maximum atomic E-state index is 11.5. The summed E-state index contributed by atoms with van der Waals surface area (Å²) in [5.41, 5.74) is 0. The highest BCUT2D eigenvalue weighted by molar-refractivity contribution is 5.93. The Balaban J connectivity index is 2.07. The summed E-state index contributed by atoms with van der Waals surface area (Å²) in [7, 11) is 0. The Morgan fingerprint density at radius 1 is 1.40 bits per heavy atom. The smallest absolute Gasteiger partial charge is 0.326 e. The number of aliphatic carboxylic acids is 1. The van der Waals surface area contributed by atoms with Crippen LogP contribution in [0.15, 0.2) is 30.5 Å². The zero-order valence-electron chi connectivity index (χ0n) is 11.4. The van der Waals surface area contributed by atoms with Crippen molar-refractivity contribution in [3.63, 3.8) is 0 Å². The van der Waals surface area contributed by atoms with Crippen molar-refractivity contribution in [2.75, 3.05) is 11.4 Å². The van der Waals surface area contributed by atoms with E-state index in [9.17, 15) is 9.90 Å². The number of hydrogen-bond donors (Lipinski definition) is 1. The van der Waals surface area contributed by atoms with Crippen LogP contribution in [0.5, 0.6) is 0 Å². The van der Waals surface area contributed by atoms with Gasteiger partial charge in [-0.2, -0.15) is 5.10 Å². The summed E-state index contributed by atoms with van der Waals surface area (Å²) in [6.07, 6.45) is 3.34. The van der Waals surface area contributed by atoms with E-state index in [0.29, 0.717) is 24.7 Å². The number of fused-ring (bicyclic) bond motifs is 1. The maximum absolute atomic E-state index is 11.5. The fraction of sp³-hybridized carbons (Fsp3) is 0.400. The highest BCUT2D eigenvalue weighted by Crippen LogP contribution is 2.31. The summed E-state index contributed by atoms with van der Waals surface area (Å²) < 4.78 is 0. The lowest BCUT2D eigenvalue weighted by Crippen LogP contribution is -2.47. The highest BCUT2D eigenvalue weighted by Gasteiger charge is 2.33. The van der Waals surface area contributed by atoms with Gasteiger partial charge in [-0.15, -0.1) is 5.10 Å². The van der Waals surface area contributed by atoms with Gasteiger partial charge >= 0.3 is 5.97 Å². The number of carbonyl (C=O) groups is 1. The van der Waals surface area contributed by atoms with Crippen LogP contribution in [0.2, 0.25) is 0 Å². The lowest BCUT2D eigenvalue weighted by atomic mass is 9.92. The first-order valence-electron chi connectivity index (χ1n) is 6.86. The molecule has 1 fully saturated rings. The monoisotopic (exact) mass is 271 g/mol. The third-order valence-electron chi connectivity index (χ3n) is 3.97. The molecular weight excluding hydrogens is 254 g/mol. The molecule has 2 atom stereocenters. The van der Waals surface area contributed by atoms with Crippen LogP contribution in [0.1, 0.15) is 19.8 Å². The molecule has 0 bridgehead atoms. The van der Waals surface area contributed by atoms with E-state index in [4.69, 9.17) is 0 Å². The Kier molecular flexibility index (Phi) is 3.26. The van der Waals surface area contributed by atoms with Crippen LogP contribution in [0.25, 0.3) is 10.8 Å². The minimum absolute atomic E-state index is 0.426. The summed E-state index contributed by atoms with van der Waals surface area (Å²) in [5, 5.41) is 19.6. The fourth-order valence-corrected chi connectivity index (χ4v) is 2.85. The molecule has 0 spiro atoms. The predicted octanol–water partition coefficient (Wildman–Crippen LogP) is 2.32. The van der Waals surface area contributed by atoms with E-state index in [1.165, 1.54) is 0 Å². The minimum Gasteiger partial charge on any atom is -0.480 e. The van der Waals surface area contributed by atoms with Crippen molar-refractivity contribution in [3.8, 4) is 0 Å². The molecule has 0 radical (unpaired) electrons. The molecule has 0 saturated carbocycles. The topological polar surface area (TPSA) is 66.3 Å². The molecule has 20 heavy (non-hydrogen) atoms. The van der Waals surface area contributed by atoms with Crippen molar-refractivity contribution in [3.05, 3.63) is 30.5 Å². The quantitative estimate of drug-likeness (QED) is 0.908. The van der Waals surface area contributed by atoms with Gasteiger partial charge in [-0.1, -0.05) is 31.2 Å². The number of piperidine rings is 1. The molecule has 104 valence electrons. The van der Waals surface area contributed by atoms with Crippen molar-refractivity contribution in [1.82, 2.24) is 10.2 Å². The Hall–Kier alpha value is -2.17. The number of benzene rings is 1. The zero-order chi connectivity index (χ0) is 14.1. The number of rotatable bonds is 2. The van der Waals surface area contributed by atoms with Crippen LogP contribution >= 0.6 is 0 Å². The van der Waals surface area contributed by atoms with Crippen molar-refractivity contribution < 1.29 is 9.90 Å². The Bertz CT molecular complexity index is 639. The molecule has 1 aromatic carbocycles. The highest BCUT2D eigenvalue weighted by atomic mass is 16.4. The first-order valence-corrected chi connectivity index (χ1v) is 6.86. The van der Waals surface area contributed by atoms with Gasteiger partial charge in [0.2, 0.25) is 0 Å². The van der Waals surface area contributed by atoms with E-state index in [1.54, 1.807) is 6.20 Å². The lowest BCUT2D eigenvalue weighted by Gasteiger charge is -2.36. The minimum atomic E-state index is -0.786. The predicted molar refractivity (Wildman–Crippen MR) is 76.7 cm³/mol. The van der Waals surface area contributed by atoms with E-state index in [-0.39, 0.29) is 0 Å². The van der Waals surface area contributed by atoms with Gasteiger partial charge in [-0.3, -0.25) is 0 Å². The first-order chi connectivity index (χ1) is 9.66. The molecule has 5 nitrogen and oxygen atoms in total. The molecule has 0 aliphatic carbocycles. The van der Waals surface area contributed by atoms with Gasteiger partial charge in [0.15, 0.2) is 5.82 Å². The normalized spacial score (nSPS) is 22.9. The van der Waals surface area contributed by atoms with E-state index >= 15 is 0 Å². The summed E-state index contributed by atoms with van der Waals surface area (Å²) in [6.45, 7) is 2.81. The van der Waals surface area contributed by atoms with E-state index in [0.717, 1.165) is 17.2 Å². The molecule has 2 unspecified atom stereocenters. The van der Waals surface area contributed by atoms with Gasteiger partial charge in [0.1, 0.15) is 6.04 Å². The molecule has 1 aliphatic heterocycles. The second-order valence-corrected chi connectivity index (χ2v) is 5.43. The van der Waals surface area contributed by atoms with Crippen LogP contribution in [-0.4, -0.2) is 33.9 Å². The number of hydrogen-bond acceptors (Lipinski definition) is 4. The third-order valence-corrected chi connectivity index (χ3v) is 3.97. The molecule has 3 rings (SSSR count). The SMILES string of the molecule is CC1CCN(c2nncc3ccccc23)C(C(=O)O)C1. The fourth-order valence-electron chi connectivity index (χ4n) is 2.85. The van der Waals surface area contributed by atoms with Gasteiger partial charge in [0.05, 0.1) is 6.20 Å². The Morgan fingerprint density at radius 2 is 2.20 bits per heavy atom. The molecule has 1 aromatic heterocycles. The van der Waals surface area contributed by atoms with Crippen LogP contribution in [0.3, 0.4) is 0 Å². The zero-order valence-corrected chi connectivity index (χ0v) is 11.4. The molecule has 2 heterocycles. The first kappa shape index (κ1) is 12.8. The van der Waals surface area contributed by atoms with Gasteiger partial charge in [0.25, 0.3) is 0 Å². The Morgan fingerprint density at radius 3 is 3.00 bits per heavy atom. The van der Waals surface area contributed by atoms with E-state index in [2.05, 4.69) is 17.1 Å². The average Bonchev–Trinajstić information content (AvgIpc) is 2.46. The van der Waals surface area contributed by atoms with E-state index < -0.39 is 12.0 Å². The second-order valence-electron chi connectivity index (χ2n) is 5.43. The molecular formula is C15H17N3O2. The number of anilines is 1. The van der Waals surface area contributed by atoms with Crippen molar-refractivity contribution in [2.24, 2.45) is 5.92 Å². The van der Waals surface area contributed by atoms with Gasteiger partial charge in [-0.25, -0.2) is 4.79 Å². The van der Waals surface area contributed by atoms with Crippen molar-refractivity contribution >= 4 is 22.6 Å². The van der Waals surface area contributed by atoms with Crippen LogP contribution < -0.4 is 4.90 Å². The molecule has 1 aliphatic rings. The standard InChI is InChI=1S/C15H17N3O2/c1-10-6-7-18(13(8-10)15(19)20)14-12-5-3-2-4-11(12)9-16-17-14/h2-5,9-10,13H,6-8H2,1H3,(H,19,20). The van der Waals surface area contributed by atoms with Gasteiger partial charge < -0.3 is 10.0 Å². The molecule has 0 amide bonds. The van der Waals surface area contributed by atoms with Crippen LogP contribution in [-0.2, 0) is 4.79 Å². The number of aromatic nitrogens is 2. The van der Waals surface area contributed by atoms with E-state index in [1.807, 2.05) is 29.2 Å². The molecule has 2 aromatic rings. The largest absolute Gasteiger partial charge is 0.480 e. The lowest BCUT2D eigenvalue weighted by molar-refractivity contribution is -0.139. The summed E-state index contributed by atoms with van der Waals surface area (Å²) in [5.74, 6) is 0.323. The molecule has 5 heteroatoms. The Labute approximate surface area is 117 Å². The number of carboxylic acid groups (broad SMARTS) is 1. The van der Waals surface area contributed by atoms with Gasteiger partial charge in [-0.05, 0) is 18.8 Å². The molecule has 1 N–H and O–H groups in total. The number of carboxylic acids is 1. The third kappa shape index (κ3) is 2.19. The van der Waals surface area contributed by atoms with Crippen LogP contribution in [0.4, 0.5) is 5.82 Å². The summed E-state index contributed by atoms with van der Waals surface area (Å²) in [4.78, 5) is 13.4. The average molecular weight is 271 g/mol. The van der Waals surface area contributed by atoms with Crippen LogP contribution in [0, 0.1) is 5.92 Å². The maximum Gasteiger partial charge on any atom is 0.326 e. The number of nitrogens with zero attached hydrogens (tertiary/aromatic N) is 3. The molecule has 1 saturated heterocycles. The summed E-state index contributed by atoms with van der Waals surface area (Å²) in [6, 6.07) is 7.31. The van der Waals surface area contributed by atoms with Crippen molar-refractivity contribution in [1.29, 1.82) is 0 Å².